The van der Waals surface area contributed by atoms with Crippen molar-refractivity contribution in [3.05, 3.63) is 0 Å². The molecule has 0 aliphatic heterocycles. The van der Waals surface area contributed by atoms with Crippen LogP contribution in [0.25, 0.3) is 0 Å². The third kappa shape index (κ3) is 83.7. The van der Waals surface area contributed by atoms with Crippen molar-refractivity contribution in [2.75, 3.05) is 0 Å². The molecule has 0 rings (SSSR count). The van der Waals surface area contributed by atoms with Crippen LogP contribution in [-0.4, -0.2) is 97.3 Å². The minimum absolute atomic E-state index is 0. The maximum atomic E-state index is 8.56. The Balaban J connectivity index is -0.0000000150. The van der Waals surface area contributed by atoms with Crippen molar-refractivity contribution in [2.24, 2.45) is 0 Å². The molecule has 0 atom stereocenters. The van der Waals surface area contributed by atoms with Crippen molar-refractivity contribution < 1.29 is 20.5 Å². The SMILES string of the molecule is O.O=C(O)O.[CaH2].[CaH2]. The zero-order valence-corrected chi connectivity index (χ0v) is 2.30. The Morgan fingerprint density at radius 1 is 1.14 bits per heavy atom. The molecule has 7 heavy (non-hydrogen) atoms. The van der Waals surface area contributed by atoms with Gasteiger partial charge in [-0.25, -0.2) is 4.79 Å². The first kappa shape index (κ1) is 23.3. The Bertz CT molecular complexity index is 32.7. The van der Waals surface area contributed by atoms with Crippen molar-refractivity contribution >= 4 is 81.6 Å². The summed E-state index contributed by atoms with van der Waals surface area (Å²) in [5, 5.41) is 13.9. The Kier molecular flexibility index (Phi) is 52.1. The summed E-state index contributed by atoms with van der Waals surface area (Å²) in [6.45, 7) is 0. The van der Waals surface area contributed by atoms with Gasteiger partial charge in [-0.1, -0.05) is 0 Å². The third-order valence-electron chi connectivity index (χ3n) is 0. The Morgan fingerprint density at radius 3 is 1.14 bits per heavy atom. The van der Waals surface area contributed by atoms with Gasteiger partial charge in [-0.3, -0.25) is 0 Å². The second kappa shape index (κ2) is 15.7. The zero-order chi connectivity index (χ0) is 3.58. The van der Waals surface area contributed by atoms with Crippen molar-refractivity contribution in [3.8, 4) is 0 Å². The Labute approximate surface area is 100 Å². The molecule has 0 radical (unpaired) electrons. The van der Waals surface area contributed by atoms with E-state index in [0.717, 1.165) is 0 Å². The van der Waals surface area contributed by atoms with Gasteiger partial charge >= 0.3 is 81.6 Å². The molecule has 0 aromatic heterocycles. The fraction of sp³-hybridized carbons (Fsp3) is 0. The summed E-state index contributed by atoms with van der Waals surface area (Å²) in [6, 6.07) is 0. The molecule has 4 nitrogen and oxygen atoms in total. The van der Waals surface area contributed by atoms with Gasteiger partial charge in [0, 0.05) is 0 Å². The van der Waals surface area contributed by atoms with Gasteiger partial charge in [0.15, 0.2) is 0 Å². The van der Waals surface area contributed by atoms with Crippen LogP contribution in [0.2, 0.25) is 0 Å². The average Bonchev–Trinajstić information content (AvgIpc) is 0.811. The van der Waals surface area contributed by atoms with Gasteiger partial charge in [0.2, 0.25) is 0 Å². The molecule has 0 fully saturated rings. The molecule has 6 heteroatoms. The Morgan fingerprint density at radius 2 is 1.14 bits per heavy atom. The first-order valence-corrected chi connectivity index (χ1v) is 0.651. The van der Waals surface area contributed by atoms with E-state index in [1.807, 2.05) is 0 Å². The molecule has 0 bridgehead atoms. The van der Waals surface area contributed by atoms with E-state index in [1.165, 1.54) is 0 Å². The molecule has 0 aromatic carbocycles. The number of hydrogen-bond acceptors (Lipinski definition) is 1. The normalized spacial score (nSPS) is 3.43. The predicted molar refractivity (Wildman–Crippen MR) is 31.4 cm³/mol. The summed E-state index contributed by atoms with van der Waals surface area (Å²) in [7, 11) is 0. The van der Waals surface area contributed by atoms with Crippen LogP contribution in [-0.2, 0) is 0 Å². The van der Waals surface area contributed by atoms with Gasteiger partial charge in [0.25, 0.3) is 0 Å². The fourth-order valence-corrected chi connectivity index (χ4v) is 0. The van der Waals surface area contributed by atoms with Crippen LogP contribution in [0.3, 0.4) is 0 Å². The summed E-state index contributed by atoms with van der Waals surface area (Å²) >= 11 is 0. The van der Waals surface area contributed by atoms with E-state index in [0.29, 0.717) is 0 Å². The van der Waals surface area contributed by atoms with Crippen LogP contribution in [0.15, 0.2) is 0 Å². The van der Waals surface area contributed by atoms with Gasteiger partial charge < -0.3 is 15.7 Å². The van der Waals surface area contributed by atoms with E-state index in [1.54, 1.807) is 0 Å². The molecule has 0 aromatic rings. The number of hydrogen-bond donors (Lipinski definition) is 2. The van der Waals surface area contributed by atoms with E-state index < -0.39 is 6.16 Å². The van der Waals surface area contributed by atoms with E-state index in [9.17, 15) is 0 Å². The molecule has 40 valence electrons. The van der Waals surface area contributed by atoms with Crippen molar-refractivity contribution in [1.29, 1.82) is 0 Å². The molecule has 0 aliphatic rings. The van der Waals surface area contributed by atoms with Crippen LogP contribution >= 0.6 is 0 Å². The number of rotatable bonds is 0. The quantitative estimate of drug-likeness (QED) is 0.390. The predicted octanol–water partition coefficient (Wildman–Crippen LogP) is -2.43. The zero-order valence-electron chi connectivity index (χ0n) is 2.30. The maximum absolute atomic E-state index is 8.56. The molecular weight excluding hydrogens is 156 g/mol. The van der Waals surface area contributed by atoms with Gasteiger partial charge in [0.05, 0.1) is 0 Å². The van der Waals surface area contributed by atoms with E-state index >= 15 is 0 Å². The molecule has 0 unspecified atom stereocenters. The summed E-state index contributed by atoms with van der Waals surface area (Å²) in [5.74, 6) is 0. The first-order chi connectivity index (χ1) is 1.73. The van der Waals surface area contributed by atoms with Crippen molar-refractivity contribution in [3.63, 3.8) is 0 Å². The summed E-state index contributed by atoms with van der Waals surface area (Å²) in [5.41, 5.74) is 0. The molecule has 0 saturated carbocycles. The van der Waals surface area contributed by atoms with E-state index in [-0.39, 0.29) is 81.0 Å². The third-order valence-corrected chi connectivity index (χ3v) is 0. The van der Waals surface area contributed by atoms with Gasteiger partial charge in [-0.15, -0.1) is 0 Å². The summed E-state index contributed by atoms with van der Waals surface area (Å²) in [6.07, 6.45) is -1.83. The second-order valence-electron chi connectivity index (χ2n) is 0.283. The van der Waals surface area contributed by atoms with Crippen LogP contribution in [0, 0.1) is 0 Å². The summed E-state index contributed by atoms with van der Waals surface area (Å²) < 4.78 is 0. The van der Waals surface area contributed by atoms with E-state index in [2.05, 4.69) is 0 Å². The topological polar surface area (TPSA) is 89.0 Å². The molecule has 0 saturated heterocycles. The van der Waals surface area contributed by atoms with Crippen LogP contribution in [0.1, 0.15) is 0 Å². The number of carboxylic acid groups (broad SMARTS) is 2. The monoisotopic (exact) mass is 164 g/mol. The van der Waals surface area contributed by atoms with Crippen LogP contribution in [0.5, 0.6) is 0 Å². The van der Waals surface area contributed by atoms with E-state index in [4.69, 9.17) is 15.0 Å². The fourth-order valence-electron chi connectivity index (χ4n) is 0. The number of carbonyl (C=O) groups is 1. The molecular formula is CH8Ca2O4. The molecule has 4 N–H and O–H groups in total. The van der Waals surface area contributed by atoms with Crippen molar-refractivity contribution in [2.45, 2.75) is 0 Å². The van der Waals surface area contributed by atoms with Gasteiger partial charge in [-0.2, -0.15) is 0 Å². The second-order valence-corrected chi connectivity index (χ2v) is 0.283. The van der Waals surface area contributed by atoms with Gasteiger partial charge in [-0.05, 0) is 0 Å². The Hall–Kier alpha value is 1.75. The van der Waals surface area contributed by atoms with Crippen LogP contribution in [0.4, 0.5) is 4.79 Å². The summed E-state index contributed by atoms with van der Waals surface area (Å²) in [4.78, 5) is 8.56. The standard InChI is InChI=1S/CH2O3.2Ca.H2O.4H/c2-1(3)4;;;;;;;/h(H2,2,3,4);;;1H2;;;;. The van der Waals surface area contributed by atoms with Gasteiger partial charge in [0.1, 0.15) is 0 Å². The minimum atomic E-state index is -1.83. The molecule has 0 spiro atoms. The molecule has 0 heterocycles. The van der Waals surface area contributed by atoms with Crippen molar-refractivity contribution in [1.82, 2.24) is 0 Å². The molecule has 0 aliphatic carbocycles. The average molecular weight is 164 g/mol. The molecule has 0 amide bonds. The van der Waals surface area contributed by atoms with Crippen LogP contribution < -0.4 is 0 Å². The first-order valence-electron chi connectivity index (χ1n) is 0.651.